The number of rotatable bonds is 5. The first-order valence-corrected chi connectivity index (χ1v) is 6.10. The van der Waals surface area contributed by atoms with Gasteiger partial charge in [0.1, 0.15) is 17.2 Å². The molecule has 2 N–H and O–H groups in total. The Kier molecular flexibility index (Phi) is 3.83. The number of Topliss-reactive ketones (excluding diaryl/α,β-unsaturated/α-hetero) is 1. The summed E-state index contributed by atoms with van der Waals surface area (Å²) in [7, 11) is 0. The van der Waals surface area contributed by atoms with Crippen LogP contribution in [0.5, 0.6) is 0 Å². The molecule has 1 saturated carbocycles. The molecule has 1 aliphatic carbocycles. The summed E-state index contributed by atoms with van der Waals surface area (Å²) in [6.07, 6.45) is 2.84. The molecule has 6 heteroatoms. The van der Waals surface area contributed by atoms with E-state index < -0.39 is 34.5 Å². The SMILES string of the molecule is Cc1cc(F)c(C(=O)C(=CNC2CC2)C(=O)O)cc1F. The predicted molar refractivity (Wildman–Crippen MR) is 67.3 cm³/mol. The topological polar surface area (TPSA) is 66.4 Å². The molecular weight excluding hydrogens is 268 g/mol. The minimum atomic E-state index is -1.48. The molecule has 1 fully saturated rings. The molecule has 0 saturated heterocycles. The van der Waals surface area contributed by atoms with E-state index in [-0.39, 0.29) is 11.6 Å². The van der Waals surface area contributed by atoms with E-state index in [0.717, 1.165) is 31.2 Å². The van der Waals surface area contributed by atoms with Crippen LogP contribution in [0.2, 0.25) is 0 Å². The monoisotopic (exact) mass is 281 g/mol. The van der Waals surface area contributed by atoms with Gasteiger partial charge in [0.15, 0.2) is 0 Å². The number of hydrogen-bond acceptors (Lipinski definition) is 3. The Hall–Kier alpha value is -2.24. The summed E-state index contributed by atoms with van der Waals surface area (Å²) in [6, 6.07) is 1.74. The van der Waals surface area contributed by atoms with Gasteiger partial charge in [-0.3, -0.25) is 4.79 Å². The zero-order valence-electron chi connectivity index (χ0n) is 10.7. The highest BCUT2D eigenvalue weighted by Gasteiger charge is 2.25. The van der Waals surface area contributed by atoms with Crippen LogP contribution in [0.1, 0.15) is 28.8 Å². The van der Waals surface area contributed by atoms with Crippen molar-refractivity contribution in [3.63, 3.8) is 0 Å². The molecule has 0 radical (unpaired) electrons. The summed E-state index contributed by atoms with van der Waals surface area (Å²) in [6.45, 7) is 1.36. The second kappa shape index (κ2) is 5.40. The number of hydrogen-bond donors (Lipinski definition) is 2. The highest BCUT2D eigenvalue weighted by molar-refractivity contribution is 6.23. The number of aryl methyl sites for hydroxylation is 1. The number of ketones is 1. The van der Waals surface area contributed by atoms with Gasteiger partial charge >= 0.3 is 5.97 Å². The van der Waals surface area contributed by atoms with Crippen LogP contribution >= 0.6 is 0 Å². The van der Waals surface area contributed by atoms with E-state index >= 15 is 0 Å². The minimum absolute atomic E-state index is 0.0519. The van der Waals surface area contributed by atoms with Crippen LogP contribution < -0.4 is 5.32 Å². The Morgan fingerprint density at radius 1 is 1.30 bits per heavy atom. The van der Waals surface area contributed by atoms with E-state index in [1.165, 1.54) is 6.92 Å². The molecule has 1 aromatic carbocycles. The molecule has 2 rings (SSSR count). The predicted octanol–water partition coefficient (Wildman–Crippen LogP) is 2.18. The van der Waals surface area contributed by atoms with Gasteiger partial charge < -0.3 is 10.4 Å². The van der Waals surface area contributed by atoms with Crippen LogP contribution in [0.25, 0.3) is 0 Å². The number of carbonyl (C=O) groups excluding carboxylic acids is 1. The number of carbonyl (C=O) groups is 2. The van der Waals surface area contributed by atoms with E-state index in [9.17, 15) is 18.4 Å². The van der Waals surface area contributed by atoms with Gasteiger partial charge in [0, 0.05) is 12.2 Å². The van der Waals surface area contributed by atoms with Crippen molar-refractivity contribution in [1.29, 1.82) is 0 Å². The maximum Gasteiger partial charge on any atom is 0.341 e. The molecule has 1 aromatic rings. The number of halogens is 2. The summed E-state index contributed by atoms with van der Waals surface area (Å²) in [5, 5.41) is 11.8. The van der Waals surface area contributed by atoms with Crippen LogP contribution in [-0.2, 0) is 4.79 Å². The van der Waals surface area contributed by atoms with E-state index in [4.69, 9.17) is 5.11 Å². The van der Waals surface area contributed by atoms with Crippen molar-refractivity contribution in [1.82, 2.24) is 5.32 Å². The zero-order chi connectivity index (χ0) is 14.9. The first-order valence-electron chi connectivity index (χ1n) is 6.10. The van der Waals surface area contributed by atoms with E-state index in [2.05, 4.69) is 5.32 Å². The van der Waals surface area contributed by atoms with E-state index in [0.29, 0.717) is 0 Å². The van der Waals surface area contributed by atoms with Crippen LogP contribution in [-0.4, -0.2) is 22.9 Å². The summed E-state index contributed by atoms with van der Waals surface area (Å²) < 4.78 is 27.1. The molecule has 106 valence electrons. The molecule has 0 atom stereocenters. The molecule has 0 unspecified atom stereocenters. The van der Waals surface area contributed by atoms with Gasteiger partial charge in [0.2, 0.25) is 5.78 Å². The number of nitrogens with one attached hydrogen (secondary N) is 1. The standard InChI is InChI=1S/C14H13F2NO3/c1-7-4-12(16)9(5-11(7)15)13(18)10(14(19)20)6-17-8-2-3-8/h4-6,8,17H,2-3H2,1H3,(H,19,20). The molecule has 0 heterocycles. The Labute approximate surface area is 114 Å². The Morgan fingerprint density at radius 3 is 2.50 bits per heavy atom. The normalized spacial score (nSPS) is 15.1. The van der Waals surface area contributed by atoms with Gasteiger partial charge in [-0.05, 0) is 37.5 Å². The van der Waals surface area contributed by atoms with Crippen molar-refractivity contribution in [3.05, 3.63) is 46.7 Å². The van der Waals surface area contributed by atoms with Crippen LogP contribution in [0.4, 0.5) is 8.78 Å². The van der Waals surface area contributed by atoms with Gasteiger partial charge in [0.05, 0.1) is 5.56 Å². The fourth-order valence-electron chi connectivity index (χ4n) is 1.64. The lowest BCUT2D eigenvalue weighted by Crippen LogP contribution is -2.19. The zero-order valence-corrected chi connectivity index (χ0v) is 10.7. The Balaban J connectivity index is 2.34. The van der Waals surface area contributed by atoms with Gasteiger partial charge in [-0.2, -0.15) is 0 Å². The molecule has 1 aliphatic rings. The summed E-state index contributed by atoms with van der Waals surface area (Å²) in [5.74, 6) is -4.23. The Morgan fingerprint density at radius 2 is 1.95 bits per heavy atom. The molecule has 20 heavy (non-hydrogen) atoms. The highest BCUT2D eigenvalue weighted by atomic mass is 19.1. The van der Waals surface area contributed by atoms with Crippen molar-refractivity contribution < 1.29 is 23.5 Å². The summed E-state index contributed by atoms with van der Waals surface area (Å²) in [5.41, 5.74) is -1.14. The molecule has 0 aliphatic heterocycles. The largest absolute Gasteiger partial charge is 0.477 e. The van der Waals surface area contributed by atoms with E-state index in [1.807, 2.05) is 0 Å². The van der Waals surface area contributed by atoms with Crippen molar-refractivity contribution in [2.24, 2.45) is 0 Å². The maximum absolute atomic E-state index is 13.7. The van der Waals surface area contributed by atoms with Crippen LogP contribution in [0.3, 0.4) is 0 Å². The van der Waals surface area contributed by atoms with Crippen molar-refractivity contribution in [2.75, 3.05) is 0 Å². The third-order valence-corrected chi connectivity index (χ3v) is 3.01. The minimum Gasteiger partial charge on any atom is -0.477 e. The molecule has 0 amide bonds. The third-order valence-electron chi connectivity index (χ3n) is 3.01. The summed E-state index contributed by atoms with van der Waals surface area (Å²) >= 11 is 0. The smallest absolute Gasteiger partial charge is 0.341 e. The Bertz CT molecular complexity index is 607. The van der Waals surface area contributed by atoms with Crippen LogP contribution in [0, 0.1) is 18.6 Å². The van der Waals surface area contributed by atoms with Crippen LogP contribution in [0.15, 0.2) is 23.9 Å². The fourth-order valence-corrected chi connectivity index (χ4v) is 1.64. The first-order chi connectivity index (χ1) is 9.40. The number of aliphatic carboxylic acids is 1. The average molecular weight is 281 g/mol. The quantitative estimate of drug-likeness (QED) is 0.376. The maximum atomic E-state index is 13.7. The lowest BCUT2D eigenvalue weighted by atomic mass is 10.0. The molecule has 0 bridgehead atoms. The van der Waals surface area contributed by atoms with Crippen molar-refractivity contribution >= 4 is 11.8 Å². The van der Waals surface area contributed by atoms with Gasteiger partial charge in [-0.1, -0.05) is 0 Å². The number of benzene rings is 1. The number of carboxylic acid groups (broad SMARTS) is 1. The van der Waals surface area contributed by atoms with E-state index in [1.54, 1.807) is 0 Å². The lowest BCUT2D eigenvalue weighted by molar-refractivity contribution is -0.132. The molecular formula is C14H13F2NO3. The van der Waals surface area contributed by atoms with Gasteiger partial charge in [0.25, 0.3) is 0 Å². The van der Waals surface area contributed by atoms with Gasteiger partial charge in [-0.25, -0.2) is 13.6 Å². The third kappa shape index (κ3) is 3.01. The fraction of sp³-hybridized carbons (Fsp3) is 0.286. The van der Waals surface area contributed by atoms with Crippen molar-refractivity contribution in [3.8, 4) is 0 Å². The second-order valence-corrected chi connectivity index (χ2v) is 4.71. The molecule has 4 nitrogen and oxygen atoms in total. The lowest BCUT2D eigenvalue weighted by Gasteiger charge is -2.06. The molecule has 0 aromatic heterocycles. The second-order valence-electron chi connectivity index (χ2n) is 4.71. The first kappa shape index (κ1) is 14.2. The number of carboxylic acids is 1. The highest BCUT2D eigenvalue weighted by Crippen LogP contribution is 2.20. The summed E-state index contributed by atoms with van der Waals surface area (Å²) in [4.78, 5) is 23.1. The van der Waals surface area contributed by atoms with Gasteiger partial charge in [-0.15, -0.1) is 0 Å². The average Bonchev–Trinajstić information content (AvgIpc) is 3.17. The van der Waals surface area contributed by atoms with Crippen molar-refractivity contribution in [2.45, 2.75) is 25.8 Å². The molecule has 0 spiro atoms.